The van der Waals surface area contributed by atoms with E-state index in [0.29, 0.717) is 19.8 Å². The van der Waals surface area contributed by atoms with Gasteiger partial charge in [0.05, 0.1) is 18.9 Å². The number of benzene rings is 1. The van der Waals surface area contributed by atoms with Gasteiger partial charge in [-0.2, -0.15) is 5.10 Å². The highest BCUT2D eigenvalue weighted by Gasteiger charge is 2.13. The predicted octanol–water partition coefficient (Wildman–Crippen LogP) is 2.46. The number of anilines is 1. The molecule has 0 aliphatic carbocycles. The molecule has 2 rings (SSSR count). The van der Waals surface area contributed by atoms with Crippen molar-refractivity contribution in [1.29, 1.82) is 0 Å². The highest BCUT2D eigenvalue weighted by atomic mass is 16.5. The van der Waals surface area contributed by atoms with Crippen LogP contribution in [0.2, 0.25) is 0 Å². The van der Waals surface area contributed by atoms with Crippen molar-refractivity contribution in [3.8, 4) is 11.3 Å². The van der Waals surface area contributed by atoms with Crippen molar-refractivity contribution in [3.05, 3.63) is 36.5 Å². The Morgan fingerprint density at radius 2 is 2.23 bits per heavy atom. The number of ether oxygens (including phenoxy) is 2. The fourth-order valence-electron chi connectivity index (χ4n) is 1.93. The SMILES string of the molecule is CCOCCO[C@@H](C)C(=O)Nc1cccc(-c2ccn[nH]2)c1. The van der Waals surface area contributed by atoms with Gasteiger partial charge in [0.2, 0.25) is 0 Å². The van der Waals surface area contributed by atoms with Gasteiger partial charge in [-0.05, 0) is 32.0 Å². The highest BCUT2D eigenvalue weighted by Crippen LogP contribution is 2.20. The van der Waals surface area contributed by atoms with Gasteiger partial charge in [0.1, 0.15) is 6.10 Å². The average Bonchev–Trinajstić information content (AvgIpc) is 3.06. The topological polar surface area (TPSA) is 76.2 Å². The molecule has 0 unspecified atom stereocenters. The molecule has 0 saturated heterocycles. The third-order valence-electron chi connectivity index (χ3n) is 3.11. The number of rotatable bonds is 8. The molecule has 1 atom stereocenters. The predicted molar refractivity (Wildman–Crippen MR) is 84.6 cm³/mol. The Balaban J connectivity index is 1.90. The van der Waals surface area contributed by atoms with Crippen LogP contribution in [0.15, 0.2) is 36.5 Å². The fraction of sp³-hybridized carbons (Fsp3) is 0.375. The second kappa shape index (κ2) is 8.31. The summed E-state index contributed by atoms with van der Waals surface area (Å²) in [5, 5.41) is 9.66. The van der Waals surface area contributed by atoms with Crippen LogP contribution in [0.1, 0.15) is 13.8 Å². The molecule has 0 bridgehead atoms. The molecule has 0 aliphatic heterocycles. The number of carbonyl (C=O) groups is 1. The lowest BCUT2D eigenvalue weighted by atomic mass is 10.1. The minimum atomic E-state index is -0.531. The van der Waals surface area contributed by atoms with E-state index in [1.807, 2.05) is 37.3 Å². The lowest BCUT2D eigenvalue weighted by Crippen LogP contribution is -2.28. The van der Waals surface area contributed by atoms with Crippen molar-refractivity contribution >= 4 is 11.6 Å². The number of hydrogen-bond acceptors (Lipinski definition) is 4. The van der Waals surface area contributed by atoms with E-state index < -0.39 is 6.10 Å². The molecular formula is C16H21N3O3. The molecule has 1 amide bonds. The standard InChI is InChI=1S/C16H21N3O3/c1-3-21-9-10-22-12(2)16(20)18-14-6-4-5-13(11-14)15-7-8-17-19-15/h4-8,11-12H,3,9-10H2,1-2H3,(H,17,19)(H,18,20)/t12-/m0/s1. The van der Waals surface area contributed by atoms with Crippen LogP contribution in [-0.4, -0.2) is 42.0 Å². The van der Waals surface area contributed by atoms with E-state index in [4.69, 9.17) is 9.47 Å². The minimum Gasteiger partial charge on any atom is -0.379 e. The molecule has 0 fully saturated rings. The Morgan fingerprint density at radius 3 is 2.95 bits per heavy atom. The van der Waals surface area contributed by atoms with Crippen LogP contribution in [0, 0.1) is 0 Å². The van der Waals surface area contributed by atoms with Crippen molar-refractivity contribution in [2.75, 3.05) is 25.1 Å². The highest BCUT2D eigenvalue weighted by molar-refractivity contribution is 5.94. The van der Waals surface area contributed by atoms with E-state index in [9.17, 15) is 4.79 Å². The summed E-state index contributed by atoms with van der Waals surface area (Å²) in [7, 11) is 0. The van der Waals surface area contributed by atoms with Crippen LogP contribution in [0.3, 0.4) is 0 Å². The van der Waals surface area contributed by atoms with Gasteiger partial charge in [0.15, 0.2) is 0 Å². The van der Waals surface area contributed by atoms with E-state index in [-0.39, 0.29) is 5.91 Å². The number of carbonyl (C=O) groups excluding carboxylic acids is 1. The second-order valence-electron chi connectivity index (χ2n) is 4.75. The van der Waals surface area contributed by atoms with Crippen molar-refractivity contribution in [3.63, 3.8) is 0 Å². The van der Waals surface area contributed by atoms with Gasteiger partial charge < -0.3 is 14.8 Å². The summed E-state index contributed by atoms with van der Waals surface area (Å²) in [6.45, 7) is 5.17. The number of aromatic amines is 1. The van der Waals surface area contributed by atoms with E-state index >= 15 is 0 Å². The Labute approximate surface area is 129 Å². The Hall–Kier alpha value is -2.18. The third-order valence-corrected chi connectivity index (χ3v) is 3.11. The number of nitrogens with zero attached hydrogens (tertiary/aromatic N) is 1. The van der Waals surface area contributed by atoms with Gasteiger partial charge in [0.25, 0.3) is 5.91 Å². The molecule has 0 spiro atoms. The van der Waals surface area contributed by atoms with Crippen molar-refractivity contribution in [1.82, 2.24) is 10.2 Å². The Bertz CT molecular complexity index is 584. The first kappa shape index (κ1) is 16.2. The first-order chi connectivity index (χ1) is 10.7. The molecule has 0 saturated carbocycles. The summed E-state index contributed by atoms with van der Waals surface area (Å²) in [4.78, 5) is 12.1. The van der Waals surface area contributed by atoms with Crippen LogP contribution in [0.25, 0.3) is 11.3 Å². The summed E-state index contributed by atoms with van der Waals surface area (Å²) in [6, 6.07) is 9.43. The van der Waals surface area contributed by atoms with Crippen molar-refractivity contribution in [2.24, 2.45) is 0 Å². The number of H-pyrrole nitrogens is 1. The summed E-state index contributed by atoms with van der Waals surface area (Å²) in [6.07, 6.45) is 1.16. The first-order valence-electron chi connectivity index (χ1n) is 7.30. The molecule has 0 radical (unpaired) electrons. The zero-order chi connectivity index (χ0) is 15.8. The Kier molecular flexibility index (Phi) is 6.12. The summed E-state index contributed by atoms with van der Waals surface area (Å²) in [5.41, 5.74) is 2.58. The largest absolute Gasteiger partial charge is 0.379 e. The van der Waals surface area contributed by atoms with Gasteiger partial charge in [0, 0.05) is 24.1 Å². The molecule has 2 aromatic rings. The number of amides is 1. The maximum Gasteiger partial charge on any atom is 0.253 e. The Morgan fingerprint density at radius 1 is 1.36 bits per heavy atom. The molecule has 0 aliphatic rings. The monoisotopic (exact) mass is 303 g/mol. The zero-order valence-electron chi connectivity index (χ0n) is 12.8. The van der Waals surface area contributed by atoms with Crippen LogP contribution in [-0.2, 0) is 14.3 Å². The first-order valence-corrected chi connectivity index (χ1v) is 7.30. The smallest absolute Gasteiger partial charge is 0.253 e. The molecule has 6 nitrogen and oxygen atoms in total. The van der Waals surface area contributed by atoms with Crippen molar-refractivity contribution < 1.29 is 14.3 Å². The lowest BCUT2D eigenvalue weighted by molar-refractivity contribution is -0.127. The fourth-order valence-corrected chi connectivity index (χ4v) is 1.93. The van der Waals surface area contributed by atoms with E-state index in [1.54, 1.807) is 13.1 Å². The van der Waals surface area contributed by atoms with Crippen molar-refractivity contribution in [2.45, 2.75) is 20.0 Å². The molecule has 1 aromatic carbocycles. The number of nitrogens with one attached hydrogen (secondary N) is 2. The van der Waals surface area contributed by atoms with Crippen LogP contribution >= 0.6 is 0 Å². The number of hydrogen-bond donors (Lipinski definition) is 2. The maximum absolute atomic E-state index is 12.1. The quantitative estimate of drug-likeness (QED) is 0.734. The van der Waals surface area contributed by atoms with E-state index in [0.717, 1.165) is 16.9 Å². The molecular weight excluding hydrogens is 282 g/mol. The molecule has 6 heteroatoms. The molecule has 118 valence electrons. The lowest BCUT2D eigenvalue weighted by Gasteiger charge is -2.13. The average molecular weight is 303 g/mol. The third kappa shape index (κ3) is 4.68. The summed E-state index contributed by atoms with van der Waals surface area (Å²) >= 11 is 0. The summed E-state index contributed by atoms with van der Waals surface area (Å²) in [5.74, 6) is -0.182. The molecule has 1 aromatic heterocycles. The molecule has 2 N–H and O–H groups in total. The van der Waals surface area contributed by atoms with Gasteiger partial charge in [-0.15, -0.1) is 0 Å². The van der Waals surface area contributed by atoms with Crippen LogP contribution < -0.4 is 5.32 Å². The van der Waals surface area contributed by atoms with Crippen LogP contribution in [0.4, 0.5) is 5.69 Å². The minimum absolute atomic E-state index is 0.182. The normalized spacial score (nSPS) is 12.1. The van der Waals surface area contributed by atoms with Gasteiger partial charge in [-0.25, -0.2) is 0 Å². The number of aromatic nitrogens is 2. The summed E-state index contributed by atoms with van der Waals surface area (Å²) < 4.78 is 10.6. The van der Waals surface area contributed by atoms with Gasteiger partial charge >= 0.3 is 0 Å². The van der Waals surface area contributed by atoms with E-state index in [1.165, 1.54) is 0 Å². The second-order valence-corrected chi connectivity index (χ2v) is 4.75. The van der Waals surface area contributed by atoms with Gasteiger partial charge in [-0.3, -0.25) is 9.89 Å². The molecule has 22 heavy (non-hydrogen) atoms. The van der Waals surface area contributed by atoms with E-state index in [2.05, 4.69) is 15.5 Å². The van der Waals surface area contributed by atoms with Crippen LogP contribution in [0.5, 0.6) is 0 Å². The maximum atomic E-state index is 12.1. The molecule has 1 heterocycles. The van der Waals surface area contributed by atoms with Gasteiger partial charge in [-0.1, -0.05) is 12.1 Å². The zero-order valence-corrected chi connectivity index (χ0v) is 12.8.